The first kappa shape index (κ1) is 13.1. The Morgan fingerprint density at radius 3 is 2.80 bits per heavy atom. The highest BCUT2D eigenvalue weighted by Gasteiger charge is 2.17. The number of pyridine rings is 2. The van der Waals surface area contributed by atoms with Gasteiger partial charge in [0.05, 0.1) is 11.9 Å². The molecule has 102 valence electrons. The summed E-state index contributed by atoms with van der Waals surface area (Å²) >= 11 is 6.05. The summed E-state index contributed by atoms with van der Waals surface area (Å²) in [4.78, 5) is 13.4. The van der Waals surface area contributed by atoms with Gasteiger partial charge >= 0.3 is 0 Å². The third kappa shape index (κ3) is 2.16. The topological polar surface area (TPSA) is 43.6 Å². The van der Waals surface area contributed by atoms with Crippen molar-refractivity contribution in [3.8, 4) is 0 Å². The van der Waals surface area contributed by atoms with Gasteiger partial charge in [0, 0.05) is 18.1 Å². The molecule has 0 bridgehead atoms. The first-order valence-electron chi connectivity index (χ1n) is 6.51. The van der Waals surface area contributed by atoms with E-state index < -0.39 is 0 Å². The van der Waals surface area contributed by atoms with E-state index in [4.69, 9.17) is 11.6 Å². The Hall–Kier alpha value is -1.94. The average Bonchev–Trinajstić information content (AvgIpc) is 2.85. The van der Waals surface area contributed by atoms with Crippen molar-refractivity contribution in [1.82, 2.24) is 19.5 Å². The zero-order chi connectivity index (χ0) is 14.1. The van der Waals surface area contributed by atoms with Crippen LogP contribution in [0.1, 0.15) is 30.0 Å². The van der Waals surface area contributed by atoms with Gasteiger partial charge in [-0.1, -0.05) is 6.07 Å². The van der Waals surface area contributed by atoms with E-state index in [9.17, 15) is 0 Å². The Kier molecular flexibility index (Phi) is 3.40. The number of nitrogens with zero attached hydrogens (tertiary/aromatic N) is 4. The molecule has 0 aliphatic carbocycles. The number of aryl methyl sites for hydroxylation is 1. The van der Waals surface area contributed by atoms with E-state index in [1.54, 1.807) is 6.20 Å². The molecular formula is C15H15ClN4. The monoisotopic (exact) mass is 286 g/mol. The minimum atomic E-state index is 0.0942. The van der Waals surface area contributed by atoms with E-state index >= 15 is 0 Å². The van der Waals surface area contributed by atoms with Gasteiger partial charge in [0.25, 0.3) is 0 Å². The van der Waals surface area contributed by atoms with Crippen LogP contribution < -0.4 is 0 Å². The van der Waals surface area contributed by atoms with Crippen molar-refractivity contribution in [1.29, 1.82) is 0 Å². The fraction of sp³-hybridized carbons (Fsp3) is 0.267. The molecular weight excluding hydrogens is 272 g/mol. The van der Waals surface area contributed by atoms with Crippen LogP contribution in [0.25, 0.3) is 11.2 Å². The molecule has 0 aliphatic rings. The van der Waals surface area contributed by atoms with Gasteiger partial charge in [-0.05, 0) is 37.6 Å². The number of fused-ring (bicyclic) bond motifs is 1. The Morgan fingerprint density at radius 1 is 1.25 bits per heavy atom. The quantitative estimate of drug-likeness (QED) is 0.692. The van der Waals surface area contributed by atoms with Crippen LogP contribution >= 0.6 is 11.6 Å². The van der Waals surface area contributed by atoms with Gasteiger partial charge in [0.2, 0.25) is 0 Å². The molecule has 0 radical (unpaired) electrons. The maximum Gasteiger partial charge on any atom is 0.160 e. The van der Waals surface area contributed by atoms with Gasteiger partial charge in [-0.15, -0.1) is 11.6 Å². The summed E-state index contributed by atoms with van der Waals surface area (Å²) in [6.45, 7) is 4.09. The summed E-state index contributed by atoms with van der Waals surface area (Å²) in [6, 6.07) is 8.03. The lowest BCUT2D eigenvalue weighted by Gasteiger charge is -2.16. The molecule has 3 aromatic rings. The van der Waals surface area contributed by atoms with Crippen molar-refractivity contribution in [3.05, 3.63) is 53.7 Å². The van der Waals surface area contributed by atoms with E-state index in [1.807, 2.05) is 31.3 Å². The number of aromatic nitrogens is 4. The molecule has 1 unspecified atom stereocenters. The largest absolute Gasteiger partial charge is 0.304 e. The molecule has 5 heteroatoms. The summed E-state index contributed by atoms with van der Waals surface area (Å²) in [5.41, 5.74) is 3.83. The molecule has 1 atom stereocenters. The van der Waals surface area contributed by atoms with Crippen LogP contribution in [0.3, 0.4) is 0 Å². The van der Waals surface area contributed by atoms with Crippen LogP contribution in [0.5, 0.6) is 0 Å². The molecule has 3 heterocycles. The zero-order valence-corrected chi connectivity index (χ0v) is 12.2. The van der Waals surface area contributed by atoms with Crippen LogP contribution in [0.15, 0.2) is 36.7 Å². The van der Waals surface area contributed by atoms with E-state index in [1.165, 1.54) is 0 Å². The summed E-state index contributed by atoms with van der Waals surface area (Å²) in [5, 5.41) is 0. The second kappa shape index (κ2) is 5.21. The van der Waals surface area contributed by atoms with Crippen molar-refractivity contribution in [3.63, 3.8) is 0 Å². The Balaban J connectivity index is 2.21. The minimum absolute atomic E-state index is 0.0942. The third-order valence-corrected chi connectivity index (χ3v) is 3.66. The smallest absolute Gasteiger partial charge is 0.160 e. The van der Waals surface area contributed by atoms with Gasteiger partial charge in [-0.2, -0.15) is 0 Å². The second-order valence-electron chi connectivity index (χ2n) is 4.79. The van der Waals surface area contributed by atoms with E-state index in [-0.39, 0.29) is 6.04 Å². The first-order chi connectivity index (χ1) is 9.70. The molecule has 3 aromatic heterocycles. The number of imidazole rings is 1. The molecule has 0 aromatic carbocycles. The van der Waals surface area contributed by atoms with Gasteiger partial charge in [-0.3, -0.25) is 4.98 Å². The molecule has 0 aliphatic heterocycles. The summed E-state index contributed by atoms with van der Waals surface area (Å²) in [5.74, 6) is 1.19. The lowest BCUT2D eigenvalue weighted by molar-refractivity contribution is 0.626. The Bertz CT molecular complexity index is 736. The van der Waals surface area contributed by atoms with Crippen molar-refractivity contribution in [2.24, 2.45) is 0 Å². The summed E-state index contributed by atoms with van der Waals surface area (Å²) in [7, 11) is 0. The molecule has 4 nitrogen and oxygen atoms in total. The number of alkyl halides is 1. The molecule has 0 spiro atoms. The maximum atomic E-state index is 6.05. The number of rotatable bonds is 3. The van der Waals surface area contributed by atoms with Crippen LogP contribution in [-0.2, 0) is 5.88 Å². The predicted molar refractivity (Wildman–Crippen MR) is 79.9 cm³/mol. The average molecular weight is 287 g/mol. The number of hydrogen-bond acceptors (Lipinski definition) is 3. The van der Waals surface area contributed by atoms with Crippen molar-refractivity contribution >= 4 is 22.8 Å². The van der Waals surface area contributed by atoms with Gasteiger partial charge in [0.1, 0.15) is 11.3 Å². The molecule has 3 rings (SSSR count). The third-order valence-electron chi connectivity index (χ3n) is 3.42. The maximum absolute atomic E-state index is 6.05. The molecule has 20 heavy (non-hydrogen) atoms. The van der Waals surface area contributed by atoms with Crippen molar-refractivity contribution in [2.75, 3.05) is 0 Å². The predicted octanol–water partition coefficient (Wildman–Crippen LogP) is 3.48. The van der Waals surface area contributed by atoms with E-state index in [2.05, 4.69) is 32.5 Å². The van der Waals surface area contributed by atoms with E-state index in [0.29, 0.717) is 5.88 Å². The van der Waals surface area contributed by atoms with Gasteiger partial charge < -0.3 is 4.57 Å². The highest BCUT2D eigenvalue weighted by atomic mass is 35.5. The first-order valence-corrected chi connectivity index (χ1v) is 7.04. The minimum Gasteiger partial charge on any atom is -0.304 e. The van der Waals surface area contributed by atoms with Crippen molar-refractivity contribution < 1.29 is 0 Å². The number of halogens is 1. The summed E-state index contributed by atoms with van der Waals surface area (Å²) in [6.07, 6.45) is 3.64. The Morgan fingerprint density at radius 2 is 2.10 bits per heavy atom. The fourth-order valence-corrected chi connectivity index (χ4v) is 2.58. The lowest BCUT2D eigenvalue weighted by Crippen LogP contribution is -2.11. The molecule has 0 saturated carbocycles. The molecule has 0 saturated heterocycles. The van der Waals surface area contributed by atoms with Crippen LogP contribution in [0.4, 0.5) is 0 Å². The number of hydrogen-bond donors (Lipinski definition) is 0. The highest BCUT2D eigenvalue weighted by Crippen LogP contribution is 2.25. The van der Waals surface area contributed by atoms with Crippen LogP contribution in [0, 0.1) is 6.92 Å². The zero-order valence-electron chi connectivity index (χ0n) is 11.4. The van der Waals surface area contributed by atoms with Crippen LogP contribution in [-0.4, -0.2) is 19.5 Å². The van der Waals surface area contributed by atoms with E-state index in [0.717, 1.165) is 28.2 Å². The van der Waals surface area contributed by atoms with Crippen LogP contribution in [0.2, 0.25) is 0 Å². The molecule has 0 fully saturated rings. The standard InChI is InChI=1S/C15H15ClN4/c1-10-5-6-13-15(18-10)20(14(8-16)19-13)11(2)12-4-3-7-17-9-12/h3-7,9,11H,8H2,1-2H3. The fourth-order valence-electron chi connectivity index (χ4n) is 2.39. The summed E-state index contributed by atoms with van der Waals surface area (Å²) < 4.78 is 2.09. The van der Waals surface area contributed by atoms with Gasteiger partial charge in [-0.25, -0.2) is 9.97 Å². The Labute approximate surface area is 122 Å². The molecule has 0 N–H and O–H groups in total. The SMILES string of the molecule is Cc1ccc2nc(CCl)n(C(C)c3cccnc3)c2n1. The second-order valence-corrected chi connectivity index (χ2v) is 5.06. The normalized spacial score (nSPS) is 12.8. The molecule has 0 amide bonds. The lowest BCUT2D eigenvalue weighted by atomic mass is 10.1. The van der Waals surface area contributed by atoms with Gasteiger partial charge in [0.15, 0.2) is 5.65 Å². The highest BCUT2D eigenvalue weighted by molar-refractivity contribution is 6.16. The van der Waals surface area contributed by atoms with Crippen molar-refractivity contribution in [2.45, 2.75) is 25.8 Å².